The third-order valence-corrected chi connectivity index (χ3v) is 8.59. The maximum Gasteiger partial charge on any atom is 0.294 e. The highest BCUT2D eigenvalue weighted by Gasteiger charge is 2.46. The molecule has 4 aliphatic carbocycles. The highest BCUT2D eigenvalue weighted by molar-refractivity contribution is 7.91. The molecule has 0 saturated heterocycles. The Bertz CT molecular complexity index is 1620. The van der Waals surface area contributed by atoms with Crippen LogP contribution in [-0.2, 0) is 44.7 Å². The number of hydrogen-bond donors (Lipinski definition) is 5. The van der Waals surface area contributed by atoms with Crippen LogP contribution in [0.15, 0.2) is 79.0 Å². The summed E-state index contributed by atoms with van der Waals surface area (Å²) in [7, 11) is -14.9. The minimum absolute atomic E-state index is 0.0137. The molecule has 4 aliphatic rings. The van der Waals surface area contributed by atoms with Crippen molar-refractivity contribution in [2.75, 3.05) is 19.8 Å². The average molecular weight is 577 g/mol. The summed E-state index contributed by atoms with van der Waals surface area (Å²) >= 11 is 0. The Labute approximate surface area is 211 Å². The number of rotatable bonds is 9. The third-order valence-electron chi connectivity index (χ3n) is 5.86. The first-order valence-corrected chi connectivity index (χ1v) is 14.6. The molecule has 0 fully saturated rings. The van der Waals surface area contributed by atoms with Gasteiger partial charge in [-0.15, -0.1) is 0 Å². The summed E-state index contributed by atoms with van der Waals surface area (Å²) in [6.07, 6.45) is 5.35. The molecule has 14 nitrogen and oxygen atoms in total. The lowest BCUT2D eigenvalue weighted by Gasteiger charge is -2.40. The van der Waals surface area contributed by atoms with E-state index in [2.05, 4.69) is 10.2 Å². The second-order valence-electron chi connectivity index (χ2n) is 8.07. The molecule has 0 saturated carbocycles. The second kappa shape index (κ2) is 9.53. The van der Waals surface area contributed by atoms with Gasteiger partial charge >= 0.3 is 0 Å². The van der Waals surface area contributed by atoms with Gasteiger partial charge in [0.05, 0.1) is 16.4 Å². The summed E-state index contributed by atoms with van der Waals surface area (Å²) in [5, 5.41) is 2.44. The molecule has 6 N–H and O–H groups in total. The lowest BCUT2D eigenvalue weighted by molar-refractivity contribution is -0.126. The predicted molar refractivity (Wildman–Crippen MR) is 127 cm³/mol. The van der Waals surface area contributed by atoms with Crippen molar-refractivity contribution < 1.29 is 53.3 Å². The van der Waals surface area contributed by atoms with Crippen LogP contribution < -0.4 is 11.2 Å². The van der Waals surface area contributed by atoms with Gasteiger partial charge in [-0.2, -0.15) is 25.3 Å². The standard InChI is InChI=1S/C20H20N2O12S3/c21-34-6-5-22-18(23)9-33-14-7-15(35(24,25)26)11-3-4-13-17(37(30,31)32)8-16(36(27,28)29)12-2-1-10(14)19(11)20(12)13/h1-4,7-8,14,20H,5-6,9,21H2,(H,22,23)(H,24,25,26)(H,27,28,29)(H,30,31,32). The number of allylic oxidation sites excluding steroid dienone is 8. The zero-order chi connectivity index (χ0) is 27.3. The molecule has 37 heavy (non-hydrogen) atoms. The molecule has 1 amide bonds. The molecule has 17 heteroatoms. The van der Waals surface area contributed by atoms with Crippen LogP contribution in [0, 0.1) is 5.92 Å². The first-order chi connectivity index (χ1) is 17.1. The van der Waals surface area contributed by atoms with E-state index in [-0.39, 0.29) is 41.0 Å². The number of carbonyl (C=O) groups excluding carboxylic acids is 1. The Kier molecular flexibility index (Phi) is 7.03. The third kappa shape index (κ3) is 5.17. The summed E-state index contributed by atoms with van der Waals surface area (Å²) in [5.74, 6) is 2.98. The van der Waals surface area contributed by atoms with E-state index in [1.165, 1.54) is 18.2 Å². The van der Waals surface area contributed by atoms with Gasteiger partial charge in [0.25, 0.3) is 30.4 Å². The smallest absolute Gasteiger partial charge is 0.294 e. The summed E-state index contributed by atoms with van der Waals surface area (Å²) in [4.78, 5) is 14.1. The van der Waals surface area contributed by atoms with E-state index in [9.17, 15) is 43.7 Å². The van der Waals surface area contributed by atoms with Crippen LogP contribution in [0.25, 0.3) is 0 Å². The Morgan fingerprint density at radius 3 is 2.19 bits per heavy atom. The van der Waals surface area contributed by atoms with Crippen LogP contribution in [0.3, 0.4) is 0 Å². The first-order valence-electron chi connectivity index (χ1n) is 10.3. The van der Waals surface area contributed by atoms with Gasteiger partial charge in [0.15, 0.2) is 0 Å². The Morgan fingerprint density at radius 2 is 1.59 bits per heavy atom. The Hall–Kier alpha value is -2.74. The maximum absolute atomic E-state index is 12.2. The van der Waals surface area contributed by atoms with E-state index in [0.29, 0.717) is 6.08 Å². The van der Waals surface area contributed by atoms with Gasteiger partial charge in [0, 0.05) is 12.5 Å². The normalized spacial score (nSPS) is 23.1. The molecule has 0 aliphatic heterocycles. The molecule has 0 aromatic rings. The number of nitrogens with one attached hydrogen (secondary N) is 1. The molecular weight excluding hydrogens is 556 g/mol. The fourth-order valence-electron chi connectivity index (χ4n) is 4.47. The number of nitrogens with two attached hydrogens (primary N) is 1. The van der Waals surface area contributed by atoms with Gasteiger partial charge in [-0.1, -0.05) is 24.3 Å². The van der Waals surface area contributed by atoms with E-state index in [4.69, 9.17) is 10.6 Å². The topological polar surface area (TPSA) is 237 Å². The van der Waals surface area contributed by atoms with Gasteiger partial charge in [0.2, 0.25) is 5.91 Å². The van der Waals surface area contributed by atoms with Gasteiger partial charge in [-0.05, 0) is 40.0 Å². The van der Waals surface area contributed by atoms with Crippen molar-refractivity contribution in [2.45, 2.75) is 6.10 Å². The Balaban J connectivity index is 1.88. The van der Waals surface area contributed by atoms with Crippen LogP contribution >= 0.6 is 0 Å². The second-order valence-corrected chi connectivity index (χ2v) is 12.2. The van der Waals surface area contributed by atoms with Crippen molar-refractivity contribution in [3.8, 4) is 0 Å². The minimum atomic E-state index is -5.01. The fraction of sp³-hybridized carbons (Fsp3) is 0.250. The number of carbonyl (C=O) groups is 1. The highest BCUT2D eigenvalue weighted by atomic mass is 32.2. The minimum Gasteiger partial charge on any atom is -0.360 e. The predicted octanol–water partition coefficient (Wildman–Crippen LogP) is -0.560. The zero-order valence-corrected chi connectivity index (χ0v) is 21.0. The van der Waals surface area contributed by atoms with E-state index in [1.807, 2.05) is 0 Å². The van der Waals surface area contributed by atoms with Crippen molar-refractivity contribution in [3.63, 3.8) is 0 Å². The van der Waals surface area contributed by atoms with E-state index in [1.54, 1.807) is 0 Å². The Morgan fingerprint density at radius 1 is 0.946 bits per heavy atom. The molecule has 0 radical (unpaired) electrons. The van der Waals surface area contributed by atoms with Gasteiger partial charge in [-0.3, -0.25) is 18.5 Å². The molecule has 2 unspecified atom stereocenters. The van der Waals surface area contributed by atoms with Crippen molar-refractivity contribution in [2.24, 2.45) is 11.8 Å². The van der Waals surface area contributed by atoms with Crippen LogP contribution in [0.1, 0.15) is 0 Å². The van der Waals surface area contributed by atoms with Crippen LogP contribution in [-0.4, -0.2) is 70.7 Å². The molecule has 0 spiro atoms. The van der Waals surface area contributed by atoms with Gasteiger partial charge in [-0.25, -0.2) is 5.90 Å². The van der Waals surface area contributed by atoms with Gasteiger partial charge < -0.3 is 14.9 Å². The monoisotopic (exact) mass is 576 g/mol. The quantitative estimate of drug-likeness (QED) is 0.132. The van der Waals surface area contributed by atoms with Crippen molar-refractivity contribution >= 4 is 36.3 Å². The van der Waals surface area contributed by atoms with E-state index in [0.717, 1.165) is 12.2 Å². The lowest BCUT2D eigenvalue weighted by atomic mass is 9.68. The van der Waals surface area contributed by atoms with E-state index < -0.39 is 69.6 Å². The largest absolute Gasteiger partial charge is 0.360 e. The summed E-state index contributed by atoms with van der Waals surface area (Å²) < 4.78 is 108. The fourth-order valence-corrected chi connectivity index (χ4v) is 6.80. The summed E-state index contributed by atoms with van der Waals surface area (Å²) in [5.41, 5.74) is -0.0469. The van der Waals surface area contributed by atoms with Crippen molar-refractivity contribution in [1.82, 2.24) is 5.32 Å². The van der Waals surface area contributed by atoms with Crippen molar-refractivity contribution in [1.29, 1.82) is 0 Å². The molecule has 0 bridgehead atoms. The van der Waals surface area contributed by atoms with Crippen LogP contribution in [0.2, 0.25) is 0 Å². The molecule has 200 valence electrons. The summed E-state index contributed by atoms with van der Waals surface area (Å²) in [6, 6.07) is 0. The van der Waals surface area contributed by atoms with Crippen molar-refractivity contribution in [3.05, 3.63) is 79.0 Å². The molecule has 2 atom stereocenters. The highest BCUT2D eigenvalue weighted by Crippen LogP contribution is 2.53. The van der Waals surface area contributed by atoms with Gasteiger partial charge in [0.1, 0.15) is 17.6 Å². The van der Waals surface area contributed by atoms with E-state index >= 15 is 0 Å². The number of ether oxygens (including phenoxy) is 1. The lowest BCUT2D eigenvalue weighted by Crippen LogP contribution is -2.36. The maximum atomic E-state index is 12.2. The molecular formula is C20H20N2O12S3. The van der Waals surface area contributed by atoms with Crippen LogP contribution in [0.4, 0.5) is 0 Å². The molecule has 0 aromatic carbocycles. The average Bonchev–Trinajstić information content (AvgIpc) is 2.78. The molecule has 0 heterocycles. The number of hydrogen-bond acceptors (Lipinski definition) is 10. The SMILES string of the molecule is NOCCNC(=O)COC1C=C(S(=O)(=O)O)C2=C3C1=CC=C1C(S(=O)(=O)O)=CC(S(=O)(=O)O)=C(C=C2)C13. The first kappa shape index (κ1) is 27.3. The van der Waals surface area contributed by atoms with Crippen LogP contribution in [0.5, 0.6) is 0 Å². The number of amides is 1. The molecule has 4 rings (SSSR count). The molecule has 0 aromatic heterocycles. The zero-order valence-electron chi connectivity index (χ0n) is 18.6. The summed E-state index contributed by atoms with van der Waals surface area (Å²) in [6.45, 7) is -0.500.